The van der Waals surface area contributed by atoms with E-state index in [1.807, 2.05) is 45.9 Å². The number of benzene rings is 2. The number of rotatable bonds is 4. The molecule has 4 rings (SSSR count). The maximum Gasteiger partial charge on any atom is 0.628 e. The minimum atomic E-state index is -1.48. The Bertz CT molecular complexity index is 1120. The average molecular weight is 479 g/mol. The molecule has 2 aliphatic rings. The van der Waals surface area contributed by atoms with E-state index in [0.717, 1.165) is 0 Å². The van der Waals surface area contributed by atoms with Crippen LogP contribution in [-0.2, 0) is 28.2 Å². The van der Waals surface area contributed by atoms with Gasteiger partial charge in [-0.25, -0.2) is 4.39 Å². The van der Waals surface area contributed by atoms with Crippen LogP contribution in [0.2, 0.25) is 0 Å². The molecule has 2 aromatic rings. The fraction of sp³-hybridized carbons (Fsp3) is 0.360. The topological polar surface area (TPSA) is 74.3 Å². The standard InChI is InChI=1S/C25H28B2FNO6/c1-24(2)25(3,4)35-27(34-24)23(26-32-20(30)15-29(5)16-21(31)33-26)22(17-11-7-6-8-12-17)18-13-9-10-14-19(18)28/h6-14H,15-16H2,1-5H3/b23-22+. The molecule has 35 heavy (non-hydrogen) atoms. The van der Waals surface area contributed by atoms with Crippen LogP contribution in [0.3, 0.4) is 0 Å². The zero-order valence-corrected chi connectivity index (χ0v) is 20.5. The molecule has 0 spiro atoms. The molecule has 0 saturated carbocycles. The van der Waals surface area contributed by atoms with Crippen molar-refractivity contribution >= 4 is 31.7 Å². The Morgan fingerprint density at radius 3 is 1.89 bits per heavy atom. The fourth-order valence-corrected chi connectivity index (χ4v) is 4.02. The second-order valence-electron chi connectivity index (χ2n) is 9.75. The highest BCUT2D eigenvalue weighted by molar-refractivity contribution is 6.81. The molecule has 0 unspecified atom stereocenters. The number of likely N-dealkylation sites (N-methyl/N-ethyl adjacent to an activating group) is 1. The number of hydrogen-bond acceptors (Lipinski definition) is 7. The van der Waals surface area contributed by atoms with Crippen molar-refractivity contribution in [2.24, 2.45) is 0 Å². The Morgan fingerprint density at radius 1 is 0.829 bits per heavy atom. The summed E-state index contributed by atoms with van der Waals surface area (Å²) < 4.78 is 39.2. The highest BCUT2D eigenvalue weighted by Gasteiger charge is 2.57. The SMILES string of the molecule is CN1CC(=O)OB(/C(B2OC(C)(C)C(C)(C)O2)=C(/c2ccccc2)c2ccccc2F)OC(=O)C1. The molecule has 2 aliphatic heterocycles. The molecule has 0 aromatic heterocycles. The van der Waals surface area contributed by atoms with Crippen molar-refractivity contribution in [2.45, 2.75) is 38.9 Å². The van der Waals surface area contributed by atoms with Crippen LogP contribution in [0.4, 0.5) is 4.39 Å². The summed E-state index contributed by atoms with van der Waals surface area (Å²) in [7, 11) is -0.950. The zero-order chi connectivity index (χ0) is 25.4. The Labute approximate surface area is 205 Å². The van der Waals surface area contributed by atoms with E-state index in [1.165, 1.54) is 11.0 Å². The molecule has 0 amide bonds. The predicted octanol–water partition coefficient (Wildman–Crippen LogP) is 3.32. The molecule has 2 aromatic carbocycles. The van der Waals surface area contributed by atoms with E-state index in [0.29, 0.717) is 11.1 Å². The molecule has 7 nitrogen and oxygen atoms in total. The summed E-state index contributed by atoms with van der Waals surface area (Å²) in [5, 5.41) is 0.200. The maximum atomic E-state index is 15.3. The van der Waals surface area contributed by atoms with E-state index in [4.69, 9.17) is 18.6 Å². The van der Waals surface area contributed by atoms with Crippen LogP contribution < -0.4 is 0 Å². The van der Waals surface area contributed by atoms with E-state index < -0.39 is 43.2 Å². The number of halogens is 1. The monoisotopic (exact) mass is 479 g/mol. The summed E-state index contributed by atoms with van der Waals surface area (Å²) in [5.41, 5.74) is -0.295. The van der Waals surface area contributed by atoms with E-state index in [-0.39, 0.29) is 24.0 Å². The molecule has 2 heterocycles. The third-order valence-electron chi connectivity index (χ3n) is 6.53. The molecule has 0 N–H and O–H groups in total. The molecule has 2 fully saturated rings. The van der Waals surface area contributed by atoms with Gasteiger partial charge in [0, 0.05) is 10.9 Å². The van der Waals surface area contributed by atoms with Gasteiger partial charge in [-0.3, -0.25) is 14.5 Å². The quantitative estimate of drug-likeness (QED) is 0.624. The number of nitrogens with zero attached hydrogens (tertiary/aromatic N) is 1. The molecular formula is C25H28B2FNO6. The van der Waals surface area contributed by atoms with Crippen molar-refractivity contribution in [3.05, 3.63) is 76.9 Å². The van der Waals surface area contributed by atoms with Gasteiger partial charge in [-0.2, -0.15) is 0 Å². The Kier molecular flexibility index (Phi) is 6.90. The summed E-state index contributed by atoms with van der Waals surface area (Å²) in [6.45, 7) is 7.29. The van der Waals surface area contributed by atoms with E-state index in [9.17, 15) is 9.59 Å². The molecule has 0 aliphatic carbocycles. The third-order valence-corrected chi connectivity index (χ3v) is 6.53. The van der Waals surface area contributed by atoms with Crippen LogP contribution in [0.15, 0.2) is 60.0 Å². The summed E-state index contributed by atoms with van der Waals surface area (Å²) in [4.78, 5) is 26.8. The predicted molar refractivity (Wildman–Crippen MR) is 130 cm³/mol. The van der Waals surface area contributed by atoms with Crippen LogP contribution in [0, 0.1) is 5.82 Å². The van der Waals surface area contributed by atoms with Gasteiger partial charge in [-0.05, 0) is 51.9 Å². The first kappa shape index (κ1) is 25.2. The minimum Gasteiger partial charge on any atom is -0.495 e. The van der Waals surface area contributed by atoms with Gasteiger partial charge < -0.3 is 18.6 Å². The Morgan fingerprint density at radius 2 is 1.34 bits per heavy atom. The van der Waals surface area contributed by atoms with Crippen LogP contribution >= 0.6 is 0 Å². The number of carbonyl (C=O) groups is 2. The molecule has 0 radical (unpaired) electrons. The minimum absolute atomic E-state index is 0.109. The van der Waals surface area contributed by atoms with Crippen LogP contribution in [0.5, 0.6) is 0 Å². The lowest BCUT2D eigenvalue weighted by molar-refractivity contribution is -0.145. The van der Waals surface area contributed by atoms with Crippen molar-refractivity contribution in [3.63, 3.8) is 0 Å². The van der Waals surface area contributed by atoms with Crippen molar-refractivity contribution < 1.29 is 32.6 Å². The van der Waals surface area contributed by atoms with Crippen LogP contribution in [0.1, 0.15) is 38.8 Å². The number of hydrogen-bond donors (Lipinski definition) is 0. The Balaban J connectivity index is 1.98. The smallest absolute Gasteiger partial charge is 0.495 e. The summed E-state index contributed by atoms with van der Waals surface area (Å²) in [6, 6.07) is 15.3. The first-order valence-electron chi connectivity index (χ1n) is 11.5. The lowest BCUT2D eigenvalue weighted by atomic mass is 9.54. The highest BCUT2D eigenvalue weighted by Crippen LogP contribution is 2.42. The molecular weight excluding hydrogens is 451 g/mol. The fourth-order valence-electron chi connectivity index (χ4n) is 4.02. The highest BCUT2D eigenvalue weighted by atomic mass is 19.1. The molecule has 0 bridgehead atoms. The number of carbonyl (C=O) groups excluding carboxylic acids is 2. The van der Waals surface area contributed by atoms with Crippen molar-refractivity contribution in [1.82, 2.24) is 4.90 Å². The van der Waals surface area contributed by atoms with Gasteiger partial charge in [0.15, 0.2) is 0 Å². The summed E-state index contributed by atoms with van der Waals surface area (Å²) >= 11 is 0. The summed E-state index contributed by atoms with van der Waals surface area (Å²) in [5.74, 6) is -1.69. The van der Waals surface area contributed by atoms with Gasteiger partial charge in [-0.15, -0.1) is 0 Å². The third kappa shape index (κ3) is 5.19. The van der Waals surface area contributed by atoms with Crippen molar-refractivity contribution in [1.29, 1.82) is 0 Å². The first-order valence-corrected chi connectivity index (χ1v) is 11.5. The van der Waals surface area contributed by atoms with Gasteiger partial charge in [0.1, 0.15) is 5.82 Å². The van der Waals surface area contributed by atoms with E-state index in [2.05, 4.69) is 0 Å². The van der Waals surface area contributed by atoms with Gasteiger partial charge in [0.25, 0.3) is 0 Å². The molecule has 2 saturated heterocycles. The average Bonchev–Trinajstić information content (AvgIpc) is 2.98. The summed E-state index contributed by atoms with van der Waals surface area (Å²) in [6.07, 6.45) is 0. The normalized spacial score (nSPS) is 21.1. The van der Waals surface area contributed by atoms with E-state index >= 15 is 4.39 Å². The van der Waals surface area contributed by atoms with Crippen LogP contribution in [0.25, 0.3) is 5.57 Å². The van der Waals surface area contributed by atoms with Crippen molar-refractivity contribution in [2.75, 3.05) is 20.1 Å². The largest absolute Gasteiger partial charge is 0.628 e. The van der Waals surface area contributed by atoms with E-state index in [1.54, 1.807) is 37.4 Å². The lowest BCUT2D eigenvalue weighted by Crippen LogP contribution is -2.47. The molecule has 0 atom stereocenters. The van der Waals surface area contributed by atoms with Gasteiger partial charge >= 0.3 is 26.2 Å². The van der Waals surface area contributed by atoms with Gasteiger partial charge in [0.05, 0.1) is 24.3 Å². The maximum absolute atomic E-state index is 15.3. The van der Waals surface area contributed by atoms with Crippen LogP contribution in [-0.4, -0.2) is 62.4 Å². The molecule has 182 valence electrons. The second-order valence-corrected chi connectivity index (χ2v) is 9.75. The van der Waals surface area contributed by atoms with Gasteiger partial charge in [0.2, 0.25) is 0 Å². The van der Waals surface area contributed by atoms with Gasteiger partial charge in [-0.1, -0.05) is 48.5 Å². The zero-order valence-electron chi connectivity index (χ0n) is 20.5. The van der Waals surface area contributed by atoms with Crippen molar-refractivity contribution in [3.8, 4) is 0 Å². The second kappa shape index (κ2) is 9.60. The lowest BCUT2D eigenvalue weighted by Gasteiger charge is -2.32. The molecule has 10 heteroatoms. The Hall–Kier alpha value is -2.94. The first-order chi connectivity index (χ1) is 16.5.